The Morgan fingerprint density at radius 3 is 2.16 bits per heavy atom. The standard InChI is InChI=1S/C33H20N4/c1-2-9-23-20-31-27(18-22(23)8-1)25-11-4-6-14-30(25)37(31)33-26-12-3-5-13-28(26)35-32(36-33)24-16-15-21-10-7-17-34-29(21)19-24/h1-20H. The Bertz CT molecular complexity index is 2160. The molecule has 172 valence electrons. The van der Waals surface area contributed by atoms with E-state index in [9.17, 15) is 0 Å². The summed E-state index contributed by atoms with van der Waals surface area (Å²) in [6.07, 6.45) is 1.82. The highest BCUT2D eigenvalue weighted by Gasteiger charge is 2.18. The molecule has 0 atom stereocenters. The van der Waals surface area contributed by atoms with E-state index < -0.39 is 0 Å². The van der Waals surface area contributed by atoms with Crippen LogP contribution in [-0.2, 0) is 0 Å². The lowest BCUT2D eigenvalue weighted by Crippen LogP contribution is -2.02. The minimum atomic E-state index is 0.688. The van der Waals surface area contributed by atoms with Crippen molar-refractivity contribution in [1.29, 1.82) is 0 Å². The normalized spacial score (nSPS) is 11.8. The lowest BCUT2D eigenvalue weighted by Gasteiger charge is -2.13. The summed E-state index contributed by atoms with van der Waals surface area (Å²) in [6, 6.07) is 40.2. The summed E-state index contributed by atoms with van der Waals surface area (Å²) in [5.74, 6) is 1.57. The van der Waals surface area contributed by atoms with Crippen molar-refractivity contribution in [1.82, 2.24) is 19.5 Å². The van der Waals surface area contributed by atoms with Crippen LogP contribution in [0.3, 0.4) is 0 Å². The van der Waals surface area contributed by atoms with Crippen LogP contribution < -0.4 is 0 Å². The Hall–Kier alpha value is -5.09. The van der Waals surface area contributed by atoms with Gasteiger partial charge >= 0.3 is 0 Å². The molecule has 4 heteroatoms. The van der Waals surface area contributed by atoms with Gasteiger partial charge < -0.3 is 0 Å². The Balaban J connectivity index is 1.49. The van der Waals surface area contributed by atoms with Gasteiger partial charge in [0.25, 0.3) is 0 Å². The second-order valence-corrected chi connectivity index (χ2v) is 9.37. The average molecular weight is 473 g/mol. The number of pyridine rings is 1. The summed E-state index contributed by atoms with van der Waals surface area (Å²) >= 11 is 0. The summed E-state index contributed by atoms with van der Waals surface area (Å²) in [7, 11) is 0. The molecule has 0 spiro atoms. The van der Waals surface area contributed by atoms with Gasteiger partial charge in [0.1, 0.15) is 5.82 Å². The molecule has 0 bridgehead atoms. The maximum Gasteiger partial charge on any atom is 0.162 e. The molecule has 0 aliphatic rings. The van der Waals surface area contributed by atoms with Crippen molar-refractivity contribution < 1.29 is 0 Å². The predicted molar refractivity (Wildman–Crippen MR) is 152 cm³/mol. The Kier molecular flexibility index (Phi) is 4.19. The minimum absolute atomic E-state index is 0.688. The molecule has 5 aromatic carbocycles. The van der Waals surface area contributed by atoms with E-state index >= 15 is 0 Å². The van der Waals surface area contributed by atoms with Crippen LogP contribution in [0.4, 0.5) is 0 Å². The molecule has 0 saturated carbocycles. The van der Waals surface area contributed by atoms with E-state index in [1.54, 1.807) is 0 Å². The quantitative estimate of drug-likeness (QED) is 0.255. The molecular weight excluding hydrogens is 452 g/mol. The fourth-order valence-electron chi connectivity index (χ4n) is 5.45. The molecule has 4 nitrogen and oxygen atoms in total. The maximum atomic E-state index is 5.22. The van der Waals surface area contributed by atoms with Gasteiger partial charge in [-0.25, -0.2) is 9.97 Å². The van der Waals surface area contributed by atoms with E-state index in [4.69, 9.17) is 9.97 Å². The molecule has 0 radical (unpaired) electrons. The number of nitrogens with zero attached hydrogens (tertiary/aromatic N) is 4. The maximum absolute atomic E-state index is 5.22. The summed E-state index contributed by atoms with van der Waals surface area (Å²) in [6.45, 7) is 0. The third kappa shape index (κ3) is 3.06. The highest BCUT2D eigenvalue weighted by atomic mass is 15.1. The zero-order valence-corrected chi connectivity index (χ0v) is 19.8. The van der Waals surface area contributed by atoms with E-state index in [0.717, 1.165) is 44.2 Å². The van der Waals surface area contributed by atoms with Crippen LogP contribution in [0.25, 0.3) is 71.6 Å². The van der Waals surface area contributed by atoms with E-state index in [2.05, 4.69) is 113 Å². The lowest BCUT2D eigenvalue weighted by atomic mass is 10.1. The number of hydrogen-bond acceptors (Lipinski definition) is 3. The van der Waals surface area contributed by atoms with Crippen molar-refractivity contribution in [2.45, 2.75) is 0 Å². The number of benzene rings is 5. The van der Waals surface area contributed by atoms with Gasteiger partial charge in [-0.1, -0.05) is 72.8 Å². The molecule has 0 aliphatic heterocycles. The van der Waals surface area contributed by atoms with Crippen molar-refractivity contribution in [2.24, 2.45) is 0 Å². The molecule has 0 amide bonds. The Morgan fingerprint density at radius 2 is 1.24 bits per heavy atom. The summed E-state index contributed by atoms with van der Waals surface area (Å²) in [5, 5.41) is 6.98. The van der Waals surface area contributed by atoms with Crippen LogP contribution in [0.2, 0.25) is 0 Å². The molecular formula is C33H20N4. The van der Waals surface area contributed by atoms with E-state index in [1.165, 1.54) is 21.5 Å². The van der Waals surface area contributed by atoms with Crippen molar-refractivity contribution in [3.8, 4) is 17.2 Å². The van der Waals surface area contributed by atoms with Crippen LogP contribution >= 0.6 is 0 Å². The Labute approximate surface area is 212 Å². The third-order valence-electron chi connectivity index (χ3n) is 7.20. The molecule has 0 N–H and O–H groups in total. The van der Waals surface area contributed by atoms with Crippen LogP contribution in [0, 0.1) is 0 Å². The number of aromatic nitrogens is 4. The third-order valence-corrected chi connectivity index (χ3v) is 7.20. The smallest absolute Gasteiger partial charge is 0.162 e. The largest absolute Gasteiger partial charge is 0.293 e. The van der Waals surface area contributed by atoms with Crippen LogP contribution in [-0.4, -0.2) is 19.5 Å². The first-order valence-electron chi connectivity index (χ1n) is 12.4. The fourth-order valence-corrected chi connectivity index (χ4v) is 5.45. The summed E-state index contributed by atoms with van der Waals surface area (Å²) < 4.78 is 2.30. The number of rotatable bonds is 2. The number of hydrogen-bond donors (Lipinski definition) is 0. The summed E-state index contributed by atoms with van der Waals surface area (Å²) in [5.41, 5.74) is 5.05. The van der Waals surface area contributed by atoms with Gasteiger partial charge in [-0.3, -0.25) is 9.55 Å². The zero-order chi connectivity index (χ0) is 24.3. The second kappa shape index (κ2) is 7.70. The average Bonchev–Trinajstić information content (AvgIpc) is 3.28. The number of para-hydroxylation sites is 2. The van der Waals surface area contributed by atoms with Crippen molar-refractivity contribution in [3.63, 3.8) is 0 Å². The first-order valence-corrected chi connectivity index (χ1v) is 12.4. The molecule has 8 rings (SSSR count). The van der Waals surface area contributed by atoms with Gasteiger partial charge in [0.15, 0.2) is 5.82 Å². The van der Waals surface area contributed by atoms with Crippen LogP contribution in [0.15, 0.2) is 121 Å². The molecule has 37 heavy (non-hydrogen) atoms. The van der Waals surface area contributed by atoms with Gasteiger partial charge in [-0.05, 0) is 53.2 Å². The minimum Gasteiger partial charge on any atom is -0.293 e. The SMILES string of the molecule is c1ccc2cc3c(cc2c1)c1ccccc1n3-c1nc(-c2ccc3cccnc3c2)nc2ccccc12. The second-order valence-electron chi connectivity index (χ2n) is 9.37. The molecule has 0 fully saturated rings. The highest BCUT2D eigenvalue weighted by molar-refractivity contribution is 6.14. The molecule has 0 unspecified atom stereocenters. The van der Waals surface area contributed by atoms with E-state index in [0.29, 0.717) is 5.82 Å². The van der Waals surface area contributed by atoms with E-state index in [-0.39, 0.29) is 0 Å². The van der Waals surface area contributed by atoms with E-state index in [1.807, 2.05) is 18.3 Å². The fraction of sp³-hybridized carbons (Fsp3) is 0. The van der Waals surface area contributed by atoms with Gasteiger partial charge in [0.2, 0.25) is 0 Å². The van der Waals surface area contributed by atoms with Crippen molar-refractivity contribution >= 4 is 54.4 Å². The highest BCUT2D eigenvalue weighted by Crippen LogP contribution is 2.36. The summed E-state index contributed by atoms with van der Waals surface area (Å²) in [4.78, 5) is 14.8. The van der Waals surface area contributed by atoms with Gasteiger partial charge in [-0.15, -0.1) is 0 Å². The van der Waals surface area contributed by atoms with Crippen LogP contribution in [0.1, 0.15) is 0 Å². The first-order chi connectivity index (χ1) is 18.3. The van der Waals surface area contributed by atoms with Crippen molar-refractivity contribution in [2.75, 3.05) is 0 Å². The molecule has 0 aliphatic carbocycles. The molecule has 8 aromatic rings. The molecule has 0 saturated heterocycles. The lowest BCUT2D eigenvalue weighted by molar-refractivity contribution is 1.08. The molecule has 3 aromatic heterocycles. The Morgan fingerprint density at radius 1 is 0.486 bits per heavy atom. The van der Waals surface area contributed by atoms with Crippen molar-refractivity contribution in [3.05, 3.63) is 121 Å². The van der Waals surface area contributed by atoms with Crippen LogP contribution in [0.5, 0.6) is 0 Å². The van der Waals surface area contributed by atoms with Gasteiger partial charge in [0.05, 0.1) is 22.1 Å². The van der Waals surface area contributed by atoms with Gasteiger partial charge in [0, 0.05) is 33.3 Å². The monoisotopic (exact) mass is 472 g/mol. The topological polar surface area (TPSA) is 43.6 Å². The number of fused-ring (bicyclic) bond motifs is 6. The first kappa shape index (κ1) is 20.1. The predicted octanol–water partition coefficient (Wildman–Crippen LogP) is 8.10. The molecule has 3 heterocycles. The zero-order valence-electron chi connectivity index (χ0n) is 19.8. The van der Waals surface area contributed by atoms with Gasteiger partial charge in [-0.2, -0.15) is 0 Å².